The van der Waals surface area contributed by atoms with E-state index in [0.29, 0.717) is 17.8 Å². The van der Waals surface area contributed by atoms with Gasteiger partial charge in [-0.15, -0.1) is 0 Å². The van der Waals surface area contributed by atoms with Crippen molar-refractivity contribution in [1.29, 1.82) is 0 Å². The molecule has 0 unspecified atom stereocenters. The van der Waals surface area contributed by atoms with Gasteiger partial charge in [-0.05, 0) is 33.8 Å². The maximum Gasteiger partial charge on any atom is 0.253 e. The summed E-state index contributed by atoms with van der Waals surface area (Å²) in [5.74, 6) is -0.516. The summed E-state index contributed by atoms with van der Waals surface area (Å²) in [6, 6.07) is 1.62. The summed E-state index contributed by atoms with van der Waals surface area (Å²) in [7, 11) is 0. The highest BCUT2D eigenvalue weighted by Crippen LogP contribution is 2.12. The number of pyridine rings is 1. The monoisotopic (exact) mass is 278 g/mol. The molecule has 0 saturated carbocycles. The molecule has 1 heterocycles. The predicted molar refractivity (Wildman–Crippen MR) is 78.6 cm³/mol. The highest BCUT2D eigenvalue weighted by Gasteiger charge is 2.16. The van der Waals surface area contributed by atoms with E-state index in [0.717, 1.165) is 0 Å². The Hall–Kier alpha value is -2.11. The molecule has 0 aliphatic rings. The number of nitrogens with one attached hydrogen (secondary N) is 3. The Morgan fingerprint density at radius 3 is 2.60 bits per heavy atom. The minimum absolute atomic E-state index is 0.0516. The average molecular weight is 278 g/mol. The van der Waals surface area contributed by atoms with E-state index in [1.807, 2.05) is 27.7 Å². The first-order valence-electron chi connectivity index (χ1n) is 6.60. The predicted octanol–water partition coefficient (Wildman–Crippen LogP) is 1.16. The first kappa shape index (κ1) is 15.9. The molecule has 6 heteroatoms. The Bertz CT molecular complexity index is 480. The Morgan fingerprint density at radius 2 is 2.00 bits per heavy atom. The van der Waals surface area contributed by atoms with Crippen LogP contribution in [0.15, 0.2) is 18.5 Å². The summed E-state index contributed by atoms with van der Waals surface area (Å²) in [6.07, 6.45) is 3.14. The Morgan fingerprint density at radius 1 is 1.30 bits per heavy atom. The van der Waals surface area contributed by atoms with Crippen molar-refractivity contribution in [3.63, 3.8) is 0 Å². The SMILES string of the molecule is CCNc1cnccc1C(=O)NCC(=O)NC(C)(C)C. The Labute approximate surface area is 119 Å². The van der Waals surface area contributed by atoms with Crippen molar-refractivity contribution in [2.45, 2.75) is 33.2 Å². The number of amides is 2. The lowest BCUT2D eigenvalue weighted by Crippen LogP contribution is -2.45. The van der Waals surface area contributed by atoms with Gasteiger partial charge in [0.2, 0.25) is 5.91 Å². The molecule has 3 N–H and O–H groups in total. The van der Waals surface area contributed by atoms with E-state index in [1.165, 1.54) is 0 Å². The molecule has 0 spiro atoms. The van der Waals surface area contributed by atoms with E-state index in [1.54, 1.807) is 18.5 Å². The van der Waals surface area contributed by atoms with E-state index in [4.69, 9.17) is 0 Å². The lowest BCUT2D eigenvalue weighted by Gasteiger charge is -2.20. The van der Waals surface area contributed by atoms with E-state index >= 15 is 0 Å². The van der Waals surface area contributed by atoms with Gasteiger partial charge in [0.25, 0.3) is 5.91 Å². The molecule has 0 saturated heterocycles. The zero-order chi connectivity index (χ0) is 15.2. The number of rotatable bonds is 5. The minimum Gasteiger partial charge on any atom is -0.383 e. The number of hydrogen-bond acceptors (Lipinski definition) is 4. The smallest absolute Gasteiger partial charge is 0.253 e. The molecule has 6 nitrogen and oxygen atoms in total. The minimum atomic E-state index is -0.312. The maximum absolute atomic E-state index is 12.1. The molecule has 0 aliphatic carbocycles. The van der Waals surface area contributed by atoms with E-state index in [9.17, 15) is 9.59 Å². The third-order valence-electron chi connectivity index (χ3n) is 2.36. The van der Waals surface area contributed by atoms with Crippen molar-refractivity contribution < 1.29 is 9.59 Å². The van der Waals surface area contributed by atoms with Crippen LogP contribution < -0.4 is 16.0 Å². The first-order chi connectivity index (χ1) is 9.33. The highest BCUT2D eigenvalue weighted by atomic mass is 16.2. The van der Waals surface area contributed by atoms with Crippen molar-refractivity contribution in [2.75, 3.05) is 18.4 Å². The number of carbonyl (C=O) groups is 2. The van der Waals surface area contributed by atoms with Crippen LogP contribution in [0.4, 0.5) is 5.69 Å². The fraction of sp³-hybridized carbons (Fsp3) is 0.500. The molecular weight excluding hydrogens is 256 g/mol. The maximum atomic E-state index is 12.1. The fourth-order valence-electron chi connectivity index (χ4n) is 1.64. The lowest BCUT2D eigenvalue weighted by molar-refractivity contribution is -0.121. The van der Waals surface area contributed by atoms with Crippen molar-refractivity contribution in [1.82, 2.24) is 15.6 Å². The second-order valence-electron chi connectivity index (χ2n) is 5.43. The molecule has 2 amide bonds. The summed E-state index contributed by atoms with van der Waals surface area (Å²) < 4.78 is 0. The molecular formula is C14H22N4O2. The second kappa shape index (κ2) is 6.88. The number of carbonyl (C=O) groups excluding carboxylic acids is 2. The van der Waals surface area contributed by atoms with Crippen LogP contribution >= 0.6 is 0 Å². The van der Waals surface area contributed by atoms with Gasteiger partial charge >= 0.3 is 0 Å². The molecule has 1 aromatic rings. The average Bonchev–Trinajstić information content (AvgIpc) is 2.35. The van der Waals surface area contributed by atoms with Crippen LogP contribution in [-0.2, 0) is 4.79 Å². The second-order valence-corrected chi connectivity index (χ2v) is 5.43. The van der Waals surface area contributed by atoms with Crippen LogP contribution in [-0.4, -0.2) is 35.4 Å². The standard InChI is InChI=1S/C14H22N4O2/c1-5-16-11-8-15-7-6-10(11)13(20)17-9-12(19)18-14(2,3)4/h6-8,16H,5,9H2,1-4H3,(H,17,20)(H,18,19). The van der Waals surface area contributed by atoms with Crippen LogP contribution in [0.25, 0.3) is 0 Å². The quantitative estimate of drug-likeness (QED) is 0.754. The molecule has 0 atom stereocenters. The van der Waals surface area contributed by atoms with E-state index < -0.39 is 0 Å². The van der Waals surface area contributed by atoms with Gasteiger partial charge in [-0.1, -0.05) is 0 Å². The molecule has 110 valence electrons. The van der Waals surface area contributed by atoms with Crippen molar-refractivity contribution in [3.8, 4) is 0 Å². The van der Waals surface area contributed by atoms with Gasteiger partial charge in [0.15, 0.2) is 0 Å². The molecule has 1 aromatic heterocycles. The van der Waals surface area contributed by atoms with Crippen LogP contribution in [0.2, 0.25) is 0 Å². The van der Waals surface area contributed by atoms with Gasteiger partial charge in [0, 0.05) is 18.3 Å². The third-order valence-corrected chi connectivity index (χ3v) is 2.36. The van der Waals surface area contributed by atoms with Gasteiger partial charge in [0.05, 0.1) is 24.0 Å². The van der Waals surface area contributed by atoms with Gasteiger partial charge in [0.1, 0.15) is 0 Å². The van der Waals surface area contributed by atoms with Gasteiger partial charge in [-0.3, -0.25) is 14.6 Å². The molecule has 0 fully saturated rings. The van der Waals surface area contributed by atoms with Crippen LogP contribution in [0, 0.1) is 0 Å². The summed E-state index contributed by atoms with van der Waals surface area (Å²) in [5, 5.41) is 8.44. The largest absolute Gasteiger partial charge is 0.383 e. The van der Waals surface area contributed by atoms with E-state index in [-0.39, 0.29) is 23.9 Å². The molecule has 1 rings (SSSR count). The van der Waals surface area contributed by atoms with Crippen molar-refractivity contribution in [3.05, 3.63) is 24.0 Å². The fourth-order valence-corrected chi connectivity index (χ4v) is 1.64. The summed E-state index contributed by atoms with van der Waals surface area (Å²) >= 11 is 0. The normalized spacial score (nSPS) is 10.8. The van der Waals surface area contributed by atoms with Crippen LogP contribution in [0.1, 0.15) is 38.1 Å². The van der Waals surface area contributed by atoms with Crippen LogP contribution in [0.3, 0.4) is 0 Å². The molecule has 0 aliphatic heterocycles. The Kier molecular flexibility index (Phi) is 5.49. The molecule has 0 radical (unpaired) electrons. The lowest BCUT2D eigenvalue weighted by atomic mass is 10.1. The summed E-state index contributed by atoms with van der Waals surface area (Å²) in [5.41, 5.74) is 0.821. The topological polar surface area (TPSA) is 83.1 Å². The molecule has 0 bridgehead atoms. The molecule has 20 heavy (non-hydrogen) atoms. The van der Waals surface area contributed by atoms with Gasteiger partial charge in [-0.2, -0.15) is 0 Å². The van der Waals surface area contributed by atoms with Crippen LogP contribution in [0.5, 0.6) is 0 Å². The van der Waals surface area contributed by atoms with Gasteiger partial charge in [-0.25, -0.2) is 0 Å². The zero-order valence-corrected chi connectivity index (χ0v) is 12.4. The summed E-state index contributed by atoms with van der Waals surface area (Å²) in [4.78, 5) is 27.7. The van der Waals surface area contributed by atoms with Crippen molar-refractivity contribution in [2.24, 2.45) is 0 Å². The number of nitrogens with zero attached hydrogens (tertiary/aromatic N) is 1. The van der Waals surface area contributed by atoms with Crippen molar-refractivity contribution >= 4 is 17.5 Å². The Balaban J connectivity index is 2.61. The first-order valence-corrected chi connectivity index (χ1v) is 6.60. The van der Waals surface area contributed by atoms with Gasteiger partial charge < -0.3 is 16.0 Å². The number of hydrogen-bond donors (Lipinski definition) is 3. The number of aromatic nitrogens is 1. The molecule has 0 aromatic carbocycles. The zero-order valence-electron chi connectivity index (χ0n) is 12.4. The summed E-state index contributed by atoms with van der Waals surface area (Å²) in [6.45, 7) is 8.24. The number of anilines is 1. The third kappa shape index (κ3) is 5.26. The van der Waals surface area contributed by atoms with E-state index in [2.05, 4.69) is 20.9 Å². The highest BCUT2D eigenvalue weighted by molar-refractivity contribution is 6.00.